The minimum Gasteiger partial charge on any atom is -0.386 e. The van der Waals surface area contributed by atoms with Gasteiger partial charge in [-0.05, 0) is 44.6 Å². The quantitative estimate of drug-likeness (QED) is 0.390. The number of carbonyl (C=O) groups excluding carboxylic acids is 1. The summed E-state index contributed by atoms with van der Waals surface area (Å²) >= 11 is 0. The number of piperidine rings is 1. The van der Waals surface area contributed by atoms with Crippen LogP contribution in [0.3, 0.4) is 0 Å². The lowest BCUT2D eigenvalue weighted by molar-refractivity contribution is -0.0528. The fourth-order valence-electron chi connectivity index (χ4n) is 5.69. The number of aryl methyl sites for hydroxylation is 1. The highest BCUT2D eigenvalue weighted by Gasteiger charge is 2.47. The molecule has 39 heavy (non-hydrogen) atoms. The predicted molar refractivity (Wildman–Crippen MR) is 133 cm³/mol. The average Bonchev–Trinajstić information content (AvgIpc) is 3.49. The third kappa shape index (κ3) is 4.34. The van der Waals surface area contributed by atoms with E-state index in [1.807, 2.05) is 4.57 Å². The fraction of sp³-hybridized carbons (Fsp3) is 0.542. The van der Waals surface area contributed by atoms with E-state index in [1.165, 1.54) is 12.4 Å². The van der Waals surface area contributed by atoms with Crippen molar-refractivity contribution in [1.29, 1.82) is 0 Å². The van der Waals surface area contributed by atoms with Gasteiger partial charge in [0.1, 0.15) is 23.1 Å². The monoisotopic (exact) mass is 542 g/mol. The van der Waals surface area contributed by atoms with E-state index in [4.69, 9.17) is 10.5 Å². The highest BCUT2D eigenvalue weighted by Crippen LogP contribution is 2.46. The molecule has 0 radical (unpaired) electrons. The number of aromatic nitrogens is 8. The zero-order valence-corrected chi connectivity index (χ0v) is 21.5. The van der Waals surface area contributed by atoms with E-state index in [2.05, 4.69) is 30.0 Å². The Hall–Kier alpha value is -3.85. The van der Waals surface area contributed by atoms with Gasteiger partial charge < -0.3 is 25.0 Å². The lowest BCUT2D eigenvalue weighted by atomic mass is 9.72. The van der Waals surface area contributed by atoms with Crippen LogP contribution >= 0.6 is 0 Å². The molecule has 0 unspecified atom stereocenters. The summed E-state index contributed by atoms with van der Waals surface area (Å²) in [4.78, 5) is 35.9. The number of hydrogen-bond donors (Lipinski definition) is 2. The second kappa shape index (κ2) is 9.12. The number of nitrogen functional groups attached to an aromatic ring is 1. The third-order valence-corrected chi connectivity index (χ3v) is 7.86. The molecular formula is C24H28F2N10O3. The zero-order valence-electron chi connectivity index (χ0n) is 21.5. The number of aliphatic hydroxyl groups is 1. The second-order valence-corrected chi connectivity index (χ2v) is 10.7. The Morgan fingerprint density at radius 2 is 1.97 bits per heavy atom. The SMILES string of the molecule is Cc1cc(C(F)F)n2nc(C(=O)N3CCC4(CC3)COC[C@@](C)(O)[C@H](n3cnc5c(N)ncnc53)C4)nc2n1. The Kier molecular flexibility index (Phi) is 5.95. The van der Waals surface area contributed by atoms with Crippen molar-refractivity contribution in [2.45, 2.75) is 51.2 Å². The lowest BCUT2D eigenvalue weighted by Gasteiger charge is -2.43. The van der Waals surface area contributed by atoms with Gasteiger partial charge in [0.2, 0.25) is 5.82 Å². The average molecular weight is 543 g/mol. The van der Waals surface area contributed by atoms with Crippen LogP contribution in [0.2, 0.25) is 0 Å². The summed E-state index contributed by atoms with van der Waals surface area (Å²) in [6, 6.07) is 0.815. The minimum absolute atomic E-state index is 0.0404. The summed E-state index contributed by atoms with van der Waals surface area (Å²) < 4.78 is 35.8. The Morgan fingerprint density at radius 3 is 2.72 bits per heavy atom. The maximum absolute atomic E-state index is 13.5. The Balaban J connectivity index is 1.24. The molecule has 2 saturated heterocycles. The summed E-state index contributed by atoms with van der Waals surface area (Å²) in [5.74, 6) is -0.400. The molecule has 3 N–H and O–H groups in total. The number of nitrogens with two attached hydrogens (primary N) is 1. The molecule has 15 heteroatoms. The lowest BCUT2D eigenvalue weighted by Crippen LogP contribution is -2.46. The second-order valence-electron chi connectivity index (χ2n) is 10.7. The first kappa shape index (κ1) is 25.4. The number of carbonyl (C=O) groups is 1. The van der Waals surface area contributed by atoms with E-state index in [-0.39, 0.29) is 35.1 Å². The van der Waals surface area contributed by atoms with Crippen LogP contribution in [0.1, 0.15) is 60.7 Å². The number of alkyl halides is 2. The zero-order chi connectivity index (χ0) is 27.5. The first-order chi connectivity index (χ1) is 18.6. The molecule has 2 fully saturated rings. The van der Waals surface area contributed by atoms with E-state index in [0.717, 1.165) is 4.52 Å². The van der Waals surface area contributed by atoms with Gasteiger partial charge in [-0.25, -0.2) is 28.7 Å². The summed E-state index contributed by atoms with van der Waals surface area (Å²) in [5, 5.41) is 15.4. The summed E-state index contributed by atoms with van der Waals surface area (Å²) in [7, 11) is 0. The first-order valence-electron chi connectivity index (χ1n) is 12.6. The van der Waals surface area contributed by atoms with Crippen molar-refractivity contribution in [1.82, 2.24) is 44.0 Å². The van der Waals surface area contributed by atoms with Gasteiger partial charge in [0, 0.05) is 18.8 Å². The van der Waals surface area contributed by atoms with Crippen LogP contribution < -0.4 is 5.73 Å². The number of halogens is 2. The molecular weight excluding hydrogens is 514 g/mol. The van der Waals surface area contributed by atoms with Gasteiger partial charge >= 0.3 is 0 Å². The van der Waals surface area contributed by atoms with Crippen molar-refractivity contribution >= 4 is 28.7 Å². The Morgan fingerprint density at radius 1 is 1.21 bits per heavy atom. The summed E-state index contributed by atoms with van der Waals surface area (Å²) in [6.07, 6.45) is 1.95. The number of anilines is 1. The molecule has 2 aliphatic heterocycles. The molecule has 4 aromatic heterocycles. The van der Waals surface area contributed by atoms with Crippen molar-refractivity contribution in [3.63, 3.8) is 0 Å². The smallest absolute Gasteiger partial charge is 0.293 e. The van der Waals surface area contributed by atoms with Crippen LogP contribution in [0, 0.1) is 12.3 Å². The van der Waals surface area contributed by atoms with Crippen LogP contribution in [0.15, 0.2) is 18.7 Å². The number of rotatable bonds is 3. The van der Waals surface area contributed by atoms with Gasteiger partial charge in [-0.15, -0.1) is 5.10 Å². The predicted octanol–water partition coefficient (Wildman–Crippen LogP) is 1.73. The molecule has 13 nitrogen and oxygen atoms in total. The third-order valence-electron chi connectivity index (χ3n) is 7.86. The van der Waals surface area contributed by atoms with Crippen LogP contribution in [0.25, 0.3) is 16.9 Å². The van der Waals surface area contributed by atoms with Gasteiger partial charge in [0.15, 0.2) is 11.5 Å². The number of imidazole rings is 1. The van der Waals surface area contributed by atoms with Gasteiger partial charge in [0.25, 0.3) is 18.1 Å². The van der Waals surface area contributed by atoms with Gasteiger partial charge in [-0.2, -0.15) is 9.50 Å². The van der Waals surface area contributed by atoms with E-state index >= 15 is 0 Å². The number of likely N-dealkylation sites (tertiary alicyclic amines) is 1. The van der Waals surface area contributed by atoms with Crippen molar-refractivity contribution in [2.24, 2.45) is 5.41 Å². The normalized spacial score (nSPS) is 23.6. The summed E-state index contributed by atoms with van der Waals surface area (Å²) in [5.41, 5.74) is 5.43. The molecule has 2 aliphatic rings. The van der Waals surface area contributed by atoms with E-state index in [0.29, 0.717) is 55.8 Å². The van der Waals surface area contributed by atoms with Crippen LogP contribution in [-0.4, -0.2) is 86.9 Å². The fourth-order valence-corrected chi connectivity index (χ4v) is 5.69. The van der Waals surface area contributed by atoms with Crippen molar-refractivity contribution in [3.05, 3.63) is 35.9 Å². The summed E-state index contributed by atoms with van der Waals surface area (Å²) in [6.45, 7) is 4.62. The molecule has 6 rings (SSSR count). The Labute approximate surface area is 221 Å². The van der Waals surface area contributed by atoms with Crippen molar-refractivity contribution in [3.8, 4) is 0 Å². The van der Waals surface area contributed by atoms with E-state index in [9.17, 15) is 18.7 Å². The number of hydrogen-bond acceptors (Lipinski definition) is 10. The van der Waals surface area contributed by atoms with Gasteiger partial charge in [-0.1, -0.05) is 0 Å². The largest absolute Gasteiger partial charge is 0.386 e. The van der Waals surface area contributed by atoms with Crippen LogP contribution in [0.4, 0.5) is 14.6 Å². The molecule has 0 aliphatic carbocycles. The van der Waals surface area contributed by atoms with Crippen molar-refractivity contribution in [2.75, 3.05) is 32.0 Å². The molecule has 0 aromatic carbocycles. The molecule has 1 spiro atoms. The Bertz CT molecular complexity index is 1560. The standard InChI is InChI=1S/C24H28F2N10O3/c1-13-7-14(17(25)26)36-22(31-13)32-19(33-36)21(37)34-5-3-24(4-6-34)8-15(23(2,38)9-39-10-24)35-12-30-16-18(27)28-11-29-20(16)35/h7,11-12,15,17,38H,3-6,8-10H2,1-2H3,(H2,27,28,29)/t15-,23-/m1/s1. The van der Waals surface area contributed by atoms with Gasteiger partial charge in [0.05, 0.1) is 25.6 Å². The topological polar surface area (TPSA) is 162 Å². The molecule has 6 heterocycles. The molecule has 0 bridgehead atoms. The minimum atomic E-state index is -2.79. The molecule has 206 valence electrons. The van der Waals surface area contributed by atoms with Crippen molar-refractivity contribution < 1.29 is 23.4 Å². The van der Waals surface area contributed by atoms with Gasteiger partial charge in [-0.3, -0.25) is 4.79 Å². The van der Waals surface area contributed by atoms with E-state index < -0.39 is 24.0 Å². The molecule has 0 saturated carbocycles. The number of nitrogens with zero attached hydrogens (tertiary/aromatic N) is 9. The maximum Gasteiger partial charge on any atom is 0.293 e. The van der Waals surface area contributed by atoms with Crippen LogP contribution in [-0.2, 0) is 4.74 Å². The first-order valence-corrected chi connectivity index (χ1v) is 12.6. The van der Waals surface area contributed by atoms with E-state index in [1.54, 1.807) is 25.1 Å². The molecule has 1 amide bonds. The highest BCUT2D eigenvalue weighted by atomic mass is 19.3. The molecule has 4 aromatic rings. The number of amides is 1. The highest BCUT2D eigenvalue weighted by molar-refractivity contribution is 5.91. The van der Waals surface area contributed by atoms with Crippen LogP contribution in [0.5, 0.6) is 0 Å². The maximum atomic E-state index is 13.5. The number of ether oxygens (including phenoxy) is 1. The number of fused-ring (bicyclic) bond motifs is 2. The molecule has 2 atom stereocenters.